The van der Waals surface area contributed by atoms with Gasteiger partial charge in [-0.1, -0.05) is 0 Å². The first kappa shape index (κ1) is 31.1. The van der Waals surface area contributed by atoms with Gasteiger partial charge < -0.3 is 0 Å². The van der Waals surface area contributed by atoms with Gasteiger partial charge in [0.2, 0.25) is 0 Å². The molecule has 0 fully saturated rings. The molecule has 0 heterocycles. The first-order valence-corrected chi connectivity index (χ1v) is 0. The Labute approximate surface area is 78.1 Å². The van der Waals surface area contributed by atoms with E-state index in [0.717, 1.165) is 0 Å². The van der Waals surface area contributed by atoms with Crippen LogP contribution in [0.25, 0.3) is 0 Å². The Hall–Kier alpha value is 2.55. The first-order valence-electron chi connectivity index (χ1n) is 0. The third-order valence-electron chi connectivity index (χ3n) is 0. The summed E-state index contributed by atoms with van der Waals surface area (Å²) in [4.78, 5) is 0. The minimum Gasteiger partial charge on any atom is 3.00 e. The third-order valence-corrected chi connectivity index (χ3v) is 0. The summed E-state index contributed by atoms with van der Waals surface area (Å²) in [6, 6.07) is 0. The van der Waals surface area contributed by atoms with E-state index in [0.29, 0.717) is 0 Å². The molecule has 0 atom stereocenters. The average Bonchev–Trinajstić information content (AvgIpc) is 0. The zero-order chi connectivity index (χ0) is 0. The molecule has 0 aliphatic rings. The van der Waals surface area contributed by atoms with E-state index in [1.165, 1.54) is 0 Å². The summed E-state index contributed by atoms with van der Waals surface area (Å²) in [6.45, 7) is 0. The zero-order valence-corrected chi connectivity index (χ0v) is 12.0. The summed E-state index contributed by atoms with van der Waals surface area (Å²) in [5, 5.41) is 0. The molecule has 0 saturated carbocycles. The molecule has 0 spiro atoms. The summed E-state index contributed by atoms with van der Waals surface area (Å²) in [5.41, 5.74) is 0. The Morgan fingerprint density at radius 3 is 0.250 bits per heavy atom. The molecule has 0 aromatic rings. The zero-order valence-electron chi connectivity index (χ0n) is 2.31. The fraction of sp³-hybridized carbons (Fsp3) is 0. The Morgan fingerprint density at radius 2 is 0.250 bits per heavy atom. The summed E-state index contributed by atoms with van der Waals surface area (Å²) in [7, 11) is 0. The molecule has 0 nitrogen and oxygen atoms in total. The van der Waals surface area contributed by atoms with Gasteiger partial charge in [0.05, 0.1) is 0 Å². The molecular formula is Ga4+12. The summed E-state index contributed by atoms with van der Waals surface area (Å²) >= 11 is 0. The maximum atomic E-state index is 0. The molecular weight excluding hydrogens is 279 g/mol. The van der Waals surface area contributed by atoms with Crippen molar-refractivity contribution < 1.29 is 0 Å². The van der Waals surface area contributed by atoms with Crippen LogP contribution < -0.4 is 0 Å². The van der Waals surface area contributed by atoms with Gasteiger partial charge in [0, 0.05) is 0 Å². The predicted molar refractivity (Wildman–Crippen MR) is 23.0 cm³/mol. The quantitative estimate of drug-likeness (QED) is 0.472. The summed E-state index contributed by atoms with van der Waals surface area (Å²) < 4.78 is 0. The van der Waals surface area contributed by atoms with E-state index in [9.17, 15) is 0 Å². The Morgan fingerprint density at radius 1 is 0.250 bits per heavy atom. The number of hydrogen-bond donors (Lipinski definition) is 0. The number of rotatable bonds is 0. The van der Waals surface area contributed by atoms with Gasteiger partial charge in [-0.15, -0.1) is 0 Å². The summed E-state index contributed by atoms with van der Waals surface area (Å²) in [6.07, 6.45) is 0. The topological polar surface area (TPSA) is 0 Å². The van der Waals surface area contributed by atoms with Crippen LogP contribution in [0.15, 0.2) is 0 Å². The van der Waals surface area contributed by atoms with Gasteiger partial charge in [-0.2, -0.15) is 0 Å². The van der Waals surface area contributed by atoms with Crippen molar-refractivity contribution in [3.05, 3.63) is 0 Å². The second kappa shape index (κ2) is 17.7. The van der Waals surface area contributed by atoms with Gasteiger partial charge in [0.15, 0.2) is 0 Å². The predicted octanol–water partition coefficient (Wildman–Crippen LogP) is -1.52. The molecule has 4 heteroatoms. The largest absolute Gasteiger partial charge is 3.00 e. The molecule has 0 valence electrons. The second-order valence-corrected chi connectivity index (χ2v) is 0. The van der Waals surface area contributed by atoms with Crippen molar-refractivity contribution in [3.8, 4) is 0 Å². The Kier molecular flexibility index (Phi) is 137. The van der Waals surface area contributed by atoms with Crippen molar-refractivity contribution in [2.24, 2.45) is 0 Å². The molecule has 0 amide bonds. The van der Waals surface area contributed by atoms with Gasteiger partial charge in [-0.3, -0.25) is 0 Å². The molecule has 0 bridgehead atoms. The minimum atomic E-state index is 0. The van der Waals surface area contributed by atoms with Crippen LogP contribution in [0, 0.1) is 0 Å². The summed E-state index contributed by atoms with van der Waals surface area (Å²) in [5.74, 6) is 0. The van der Waals surface area contributed by atoms with E-state index in [2.05, 4.69) is 0 Å². The van der Waals surface area contributed by atoms with E-state index in [4.69, 9.17) is 0 Å². The van der Waals surface area contributed by atoms with Crippen molar-refractivity contribution in [1.82, 2.24) is 0 Å². The van der Waals surface area contributed by atoms with Crippen molar-refractivity contribution in [1.29, 1.82) is 0 Å². The van der Waals surface area contributed by atoms with Crippen molar-refractivity contribution >= 4 is 79.2 Å². The van der Waals surface area contributed by atoms with Gasteiger partial charge in [-0.25, -0.2) is 0 Å². The van der Waals surface area contributed by atoms with Gasteiger partial charge in [0.1, 0.15) is 0 Å². The molecule has 0 aromatic heterocycles. The molecule has 0 N–H and O–H groups in total. The molecule has 0 aliphatic carbocycles. The van der Waals surface area contributed by atoms with E-state index >= 15 is 0 Å². The van der Waals surface area contributed by atoms with E-state index < -0.39 is 0 Å². The number of hydrogen-bond acceptors (Lipinski definition) is 0. The van der Waals surface area contributed by atoms with Gasteiger partial charge >= 0.3 is 79.2 Å². The van der Waals surface area contributed by atoms with E-state index in [1.807, 2.05) is 0 Å². The maximum Gasteiger partial charge on any atom is 3.00 e. The molecule has 0 aromatic carbocycles. The minimum absolute atomic E-state index is 0. The van der Waals surface area contributed by atoms with Gasteiger partial charge in [-0.05, 0) is 0 Å². The normalized spacial score (nSPS) is 0. The van der Waals surface area contributed by atoms with E-state index in [-0.39, 0.29) is 79.2 Å². The van der Waals surface area contributed by atoms with Gasteiger partial charge in [0.25, 0.3) is 0 Å². The van der Waals surface area contributed by atoms with Crippen molar-refractivity contribution in [2.45, 2.75) is 0 Å². The van der Waals surface area contributed by atoms with Crippen molar-refractivity contribution in [2.75, 3.05) is 0 Å². The molecule has 0 aliphatic heterocycles. The standard InChI is InChI=1S/4Ga/q4*+3. The fourth-order valence-corrected chi connectivity index (χ4v) is 0. The molecule has 0 saturated heterocycles. The maximum absolute atomic E-state index is 0. The smallest absolute Gasteiger partial charge is 3.00 e. The van der Waals surface area contributed by atoms with Crippen LogP contribution in [0.4, 0.5) is 0 Å². The van der Waals surface area contributed by atoms with Crippen molar-refractivity contribution in [3.63, 3.8) is 0 Å². The van der Waals surface area contributed by atoms with Crippen LogP contribution in [0.3, 0.4) is 0 Å². The van der Waals surface area contributed by atoms with Crippen LogP contribution in [0.5, 0.6) is 0 Å². The SMILES string of the molecule is [Ga+3].[Ga+3].[Ga+3].[Ga+3]. The monoisotopic (exact) mass is 276 g/mol. The third kappa shape index (κ3) is 8.82. The van der Waals surface area contributed by atoms with Crippen LogP contribution in [-0.2, 0) is 0 Å². The Bertz CT molecular complexity index is 0. The molecule has 0 unspecified atom stereocenters. The van der Waals surface area contributed by atoms with Crippen LogP contribution in [0.1, 0.15) is 0 Å². The van der Waals surface area contributed by atoms with Crippen LogP contribution in [0.2, 0.25) is 0 Å². The molecule has 0 radical (unpaired) electrons. The fourth-order valence-electron chi connectivity index (χ4n) is 0. The van der Waals surface area contributed by atoms with Crippen LogP contribution in [-0.4, -0.2) is 79.2 Å². The van der Waals surface area contributed by atoms with E-state index in [1.54, 1.807) is 0 Å². The molecule has 0 rings (SSSR count). The van der Waals surface area contributed by atoms with Crippen LogP contribution >= 0.6 is 0 Å². The average molecular weight is 279 g/mol. The Balaban J connectivity index is 0. The first-order chi connectivity index (χ1) is 0. The second-order valence-electron chi connectivity index (χ2n) is 0. The molecule has 4 heavy (non-hydrogen) atoms.